The number of thiazole rings is 1. The summed E-state index contributed by atoms with van der Waals surface area (Å²) in [5.41, 5.74) is 2.09. The van der Waals surface area contributed by atoms with E-state index >= 15 is 0 Å². The van der Waals surface area contributed by atoms with Crippen molar-refractivity contribution in [2.75, 3.05) is 26.7 Å². The monoisotopic (exact) mass is 458 g/mol. The Kier molecular flexibility index (Phi) is 8.22. The number of aromatic nitrogens is 1. The molecular weight excluding hydrogens is 420 g/mol. The maximum atomic E-state index is 12.9. The Morgan fingerprint density at radius 1 is 1.12 bits per heavy atom. The van der Waals surface area contributed by atoms with Crippen molar-refractivity contribution in [3.63, 3.8) is 0 Å². The first-order chi connectivity index (χ1) is 15.6. The molecule has 7 heteroatoms. The number of piperidine rings is 1. The Balaban J connectivity index is 1.22. The molecule has 2 heterocycles. The van der Waals surface area contributed by atoms with Gasteiger partial charge in [0.25, 0.3) is 5.91 Å². The second-order valence-electron chi connectivity index (χ2n) is 9.63. The third-order valence-electron chi connectivity index (χ3n) is 7.42. The number of rotatable bonds is 6. The highest BCUT2D eigenvalue weighted by atomic mass is 32.1. The highest BCUT2D eigenvalue weighted by Crippen LogP contribution is 2.31. The van der Waals surface area contributed by atoms with Crippen LogP contribution in [0.1, 0.15) is 98.5 Å². The van der Waals surface area contributed by atoms with Crippen molar-refractivity contribution in [3.8, 4) is 0 Å². The molecule has 6 nitrogen and oxygen atoms in total. The highest BCUT2D eigenvalue weighted by molar-refractivity contribution is 7.09. The fourth-order valence-electron chi connectivity index (χ4n) is 5.29. The summed E-state index contributed by atoms with van der Waals surface area (Å²) in [6.45, 7) is 2.24. The zero-order chi connectivity index (χ0) is 22.3. The lowest BCUT2D eigenvalue weighted by molar-refractivity contribution is 0.0691. The molecule has 1 aromatic heterocycles. The number of hydrogen-bond acceptors (Lipinski definition) is 4. The molecule has 32 heavy (non-hydrogen) atoms. The molecule has 3 aliphatic rings. The maximum absolute atomic E-state index is 12.9. The minimum absolute atomic E-state index is 0.0592. The van der Waals surface area contributed by atoms with Crippen LogP contribution < -0.4 is 5.32 Å². The number of amides is 3. The number of carbonyl (C=O) groups is 2. The van der Waals surface area contributed by atoms with Gasteiger partial charge in [0.15, 0.2) is 0 Å². The number of urea groups is 1. The zero-order valence-electron chi connectivity index (χ0n) is 19.5. The molecule has 1 N–H and O–H groups in total. The Labute approximate surface area is 196 Å². The second kappa shape index (κ2) is 11.3. The van der Waals surface area contributed by atoms with E-state index in [0.717, 1.165) is 56.7 Å². The van der Waals surface area contributed by atoms with Gasteiger partial charge in [0.1, 0.15) is 5.69 Å². The summed E-state index contributed by atoms with van der Waals surface area (Å²) in [5.74, 6) is 0.405. The molecule has 176 valence electrons. The summed E-state index contributed by atoms with van der Waals surface area (Å²) in [4.78, 5) is 34.0. The predicted molar refractivity (Wildman–Crippen MR) is 129 cm³/mol. The lowest BCUT2D eigenvalue weighted by Gasteiger charge is -2.31. The van der Waals surface area contributed by atoms with Gasteiger partial charge < -0.3 is 15.1 Å². The van der Waals surface area contributed by atoms with E-state index in [1.165, 1.54) is 50.5 Å². The van der Waals surface area contributed by atoms with Crippen molar-refractivity contribution >= 4 is 23.3 Å². The van der Waals surface area contributed by atoms with Gasteiger partial charge in [-0.2, -0.15) is 0 Å². The summed E-state index contributed by atoms with van der Waals surface area (Å²) in [6, 6.07) is 0.418. The van der Waals surface area contributed by atoms with E-state index in [-0.39, 0.29) is 11.9 Å². The summed E-state index contributed by atoms with van der Waals surface area (Å²) in [7, 11) is 1.93. The summed E-state index contributed by atoms with van der Waals surface area (Å²) >= 11 is 1.60. The molecule has 0 bridgehead atoms. The van der Waals surface area contributed by atoms with Crippen LogP contribution in [0.3, 0.4) is 0 Å². The largest absolute Gasteiger partial charge is 0.338 e. The van der Waals surface area contributed by atoms with E-state index in [1.807, 2.05) is 22.2 Å². The molecule has 0 radical (unpaired) electrons. The van der Waals surface area contributed by atoms with Crippen molar-refractivity contribution in [3.05, 3.63) is 27.7 Å². The Morgan fingerprint density at radius 2 is 1.91 bits per heavy atom. The van der Waals surface area contributed by atoms with Crippen LogP contribution in [0.4, 0.5) is 4.79 Å². The van der Waals surface area contributed by atoms with Gasteiger partial charge in [0.05, 0.1) is 5.01 Å². The summed E-state index contributed by atoms with van der Waals surface area (Å²) < 4.78 is 0. The molecule has 1 saturated heterocycles. The molecule has 3 amide bonds. The SMILES string of the molecule is CN(C(=O)c1csc(C2CCN(C(=O)NCCC3=CCCCC3)CC2)n1)C1CCCCC1. The fourth-order valence-corrected chi connectivity index (χ4v) is 6.26. The number of likely N-dealkylation sites (tertiary alicyclic amines) is 1. The average Bonchev–Trinajstić information content (AvgIpc) is 3.35. The molecule has 0 unspecified atom stereocenters. The van der Waals surface area contributed by atoms with Crippen LogP contribution >= 0.6 is 11.3 Å². The maximum Gasteiger partial charge on any atom is 0.317 e. The Hall–Kier alpha value is -1.89. The summed E-state index contributed by atoms with van der Waals surface area (Å²) in [6.07, 6.45) is 16.1. The van der Waals surface area contributed by atoms with Gasteiger partial charge in [-0.25, -0.2) is 9.78 Å². The highest BCUT2D eigenvalue weighted by Gasteiger charge is 2.28. The van der Waals surface area contributed by atoms with Crippen LogP contribution in [0, 0.1) is 0 Å². The number of allylic oxidation sites excluding steroid dienone is 1. The lowest BCUT2D eigenvalue weighted by Crippen LogP contribution is -2.44. The van der Waals surface area contributed by atoms with E-state index in [0.29, 0.717) is 17.7 Å². The number of carbonyl (C=O) groups excluding carboxylic acids is 2. The quantitative estimate of drug-likeness (QED) is 0.586. The average molecular weight is 459 g/mol. The first kappa shape index (κ1) is 23.3. The molecule has 0 atom stereocenters. The van der Waals surface area contributed by atoms with Gasteiger partial charge in [0, 0.05) is 44.0 Å². The first-order valence-electron chi connectivity index (χ1n) is 12.5. The zero-order valence-corrected chi connectivity index (χ0v) is 20.3. The van der Waals surface area contributed by atoms with Crippen molar-refractivity contribution < 1.29 is 9.59 Å². The molecule has 4 rings (SSSR count). The molecule has 0 aromatic carbocycles. The molecule has 0 spiro atoms. The predicted octanol–water partition coefficient (Wildman–Crippen LogP) is 5.33. The molecule has 2 aliphatic carbocycles. The van der Waals surface area contributed by atoms with E-state index < -0.39 is 0 Å². The minimum atomic E-state index is 0.0592. The van der Waals surface area contributed by atoms with Crippen molar-refractivity contribution in [2.24, 2.45) is 0 Å². The third-order valence-corrected chi connectivity index (χ3v) is 8.43. The number of nitrogens with zero attached hydrogens (tertiary/aromatic N) is 3. The van der Waals surface area contributed by atoms with Crippen LogP contribution in [-0.2, 0) is 0 Å². The molecular formula is C25H38N4O2S. The van der Waals surface area contributed by atoms with E-state index in [1.54, 1.807) is 11.3 Å². The number of hydrogen-bond donors (Lipinski definition) is 1. The standard InChI is InChI=1S/C25H38N4O2S/c1-28(21-10-6-3-7-11-21)24(30)22-18-32-23(27-22)20-13-16-29(17-14-20)25(31)26-15-12-19-8-4-2-5-9-19/h8,18,20-21H,2-7,9-17H2,1H3,(H,26,31). The molecule has 1 saturated carbocycles. The summed E-state index contributed by atoms with van der Waals surface area (Å²) in [5, 5.41) is 6.08. The molecule has 1 aromatic rings. The third kappa shape index (κ3) is 5.91. The Bertz CT molecular complexity index is 807. The van der Waals surface area contributed by atoms with Crippen LogP contribution in [0.5, 0.6) is 0 Å². The van der Waals surface area contributed by atoms with Gasteiger partial charge in [-0.1, -0.05) is 30.9 Å². The van der Waals surface area contributed by atoms with Gasteiger partial charge >= 0.3 is 6.03 Å². The van der Waals surface area contributed by atoms with Crippen LogP contribution in [-0.4, -0.2) is 59.4 Å². The van der Waals surface area contributed by atoms with Crippen LogP contribution in [0.25, 0.3) is 0 Å². The lowest BCUT2D eigenvalue weighted by atomic mass is 9.94. The second-order valence-corrected chi connectivity index (χ2v) is 10.5. The minimum Gasteiger partial charge on any atom is -0.338 e. The van der Waals surface area contributed by atoms with Crippen LogP contribution in [0.15, 0.2) is 17.0 Å². The van der Waals surface area contributed by atoms with Crippen molar-refractivity contribution in [1.82, 2.24) is 20.1 Å². The number of nitrogens with one attached hydrogen (secondary N) is 1. The van der Waals surface area contributed by atoms with Gasteiger partial charge in [-0.05, 0) is 57.8 Å². The van der Waals surface area contributed by atoms with E-state index in [4.69, 9.17) is 4.98 Å². The van der Waals surface area contributed by atoms with Crippen LogP contribution in [0.2, 0.25) is 0 Å². The van der Waals surface area contributed by atoms with E-state index in [9.17, 15) is 9.59 Å². The van der Waals surface area contributed by atoms with E-state index in [2.05, 4.69) is 11.4 Å². The van der Waals surface area contributed by atoms with Crippen molar-refractivity contribution in [2.45, 2.75) is 89.0 Å². The smallest absolute Gasteiger partial charge is 0.317 e. The normalized spacial score (nSPS) is 20.7. The van der Waals surface area contributed by atoms with Gasteiger partial charge in [-0.15, -0.1) is 11.3 Å². The molecule has 2 fully saturated rings. The van der Waals surface area contributed by atoms with Gasteiger partial charge in [0.2, 0.25) is 0 Å². The Morgan fingerprint density at radius 3 is 2.62 bits per heavy atom. The fraction of sp³-hybridized carbons (Fsp3) is 0.720. The first-order valence-corrected chi connectivity index (χ1v) is 13.4. The molecule has 1 aliphatic heterocycles. The topological polar surface area (TPSA) is 65.5 Å². The van der Waals surface area contributed by atoms with Gasteiger partial charge in [-0.3, -0.25) is 4.79 Å². The van der Waals surface area contributed by atoms with Crippen molar-refractivity contribution in [1.29, 1.82) is 0 Å².